The van der Waals surface area contributed by atoms with Crippen molar-refractivity contribution >= 4 is 11.5 Å². The maximum Gasteiger partial charge on any atom is 0.328 e. The molecule has 0 saturated carbocycles. The van der Waals surface area contributed by atoms with Crippen molar-refractivity contribution in [3.8, 4) is 6.07 Å². The average molecular weight is 251 g/mol. The molecule has 1 unspecified atom stereocenters. The first-order chi connectivity index (χ1) is 9.18. The van der Waals surface area contributed by atoms with Crippen LogP contribution in [0.4, 0.5) is 0 Å². The van der Waals surface area contributed by atoms with Gasteiger partial charge in [-0.15, -0.1) is 0 Å². The van der Waals surface area contributed by atoms with Crippen LogP contribution in [-0.2, 0) is 4.79 Å². The molecule has 1 aromatic carbocycles. The fourth-order valence-electron chi connectivity index (χ4n) is 2.17. The van der Waals surface area contributed by atoms with E-state index in [-0.39, 0.29) is 0 Å². The summed E-state index contributed by atoms with van der Waals surface area (Å²) in [6, 6.07) is 11.4. The van der Waals surface area contributed by atoms with E-state index in [9.17, 15) is 10.1 Å². The molecule has 0 bridgehead atoms. The fourth-order valence-corrected chi connectivity index (χ4v) is 2.17. The highest BCUT2D eigenvalue weighted by molar-refractivity contribution is 5.93. The van der Waals surface area contributed by atoms with Crippen molar-refractivity contribution < 1.29 is 9.90 Å². The quantitative estimate of drug-likeness (QED) is 0.839. The third-order valence-electron chi connectivity index (χ3n) is 3.10. The van der Waals surface area contributed by atoms with Crippen LogP contribution in [0.25, 0.3) is 5.57 Å². The molecule has 19 heavy (non-hydrogen) atoms. The summed E-state index contributed by atoms with van der Waals surface area (Å²) in [5.41, 5.74) is 0.365. The van der Waals surface area contributed by atoms with Crippen LogP contribution in [-0.4, -0.2) is 11.1 Å². The van der Waals surface area contributed by atoms with Crippen LogP contribution < -0.4 is 0 Å². The number of carboxylic acids is 1. The highest BCUT2D eigenvalue weighted by atomic mass is 16.4. The topological polar surface area (TPSA) is 61.1 Å². The highest BCUT2D eigenvalue weighted by Crippen LogP contribution is 2.41. The number of carbonyl (C=O) groups is 1. The number of rotatable bonds is 3. The van der Waals surface area contributed by atoms with E-state index in [0.29, 0.717) is 12.0 Å². The molecule has 1 aliphatic rings. The Hall–Kier alpha value is -2.60. The normalized spacial score (nSPS) is 21.9. The Morgan fingerprint density at radius 2 is 2.05 bits per heavy atom. The zero-order valence-corrected chi connectivity index (χ0v) is 10.3. The van der Waals surface area contributed by atoms with E-state index in [1.165, 1.54) is 0 Å². The lowest BCUT2D eigenvalue weighted by Gasteiger charge is -2.26. The smallest absolute Gasteiger partial charge is 0.328 e. The molecule has 0 heterocycles. The van der Waals surface area contributed by atoms with Gasteiger partial charge in [-0.1, -0.05) is 54.6 Å². The summed E-state index contributed by atoms with van der Waals surface area (Å²) in [4.78, 5) is 11.1. The summed E-state index contributed by atoms with van der Waals surface area (Å²) >= 11 is 0. The Bertz CT molecular complexity index is 605. The van der Waals surface area contributed by atoms with Gasteiger partial charge in [-0.25, -0.2) is 4.79 Å². The lowest BCUT2D eigenvalue weighted by Crippen LogP contribution is -2.19. The summed E-state index contributed by atoms with van der Waals surface area (Å²) in [5.74, 6) is -1.04. The second kappa shape index (κ2) is 5.36. The first-order valence-electron chi connectivity index (χ1n) is 5.94. The molecule has 1 atom stereocenters. The summed E-state index contributed by atoms with van der Waals surface area (Å²) < 4.78 is 0. The van der Waals surface area contributed by atoms with Crippen molar-refractivity contribution in [2.75, 3.05) is 0 Å². The zero-order chi connectivity index (χ0) is 13.7. The van der Waals surface area contributed by atoms with Gasteiger partial charge in [-0.3, -0.25) is 0 Å². The Morgan fingerprint density at radius 3 is 2.58 bits per heavy atom. The van der Waals surface area contributed by atoms with E-state index in [0.717, 1.165) is 11.6 Å². The predicted molar refractivity (Wildman–Crippen MR) is 73.0 cm³/mol. The van der Waals surface area contributed by atoms with Crippen LogP contribution in [0.2, 0.25) is 0 Å². The van der Waals surface area contributed by atoms with Gasteiger partial charge in [0.05, 0.1) is 6.07 Å². The number of hydrogen-bond acceptors (Lipinski definition) is 2. The molecule has 1 aliphatic carbocycles. The van der Waals surface area contributed by atoms with Crippen molar-refractivity contribution in [1.29, 1.82) is 5.26 Å². The van der Waals surface area contributed by atoms with E-state index < -0.39 is 11.4 Å². The molecular weight excluding hydrogens is 238 g/mol. The average Bonchev–Trinajstić information content (AvgIpc) is 2.46. The summed E-state index contributed by atoms with van der Waals surface area (Å²) in [6.07, 6.45) is 8.89. The van der Waals surface area contributed by atoms with E-state index >= 15 is 0 Å². The van der Waals surface area contributed by atoms with Gasteiger partial charge in [0.2, 0.25) is 0 Å². The molecule has 2 rings (SSSR count). The summed E-state index contributed by atoms with van der Waals surface area (Å²) in [6.45, 7) is 0. The molecule has 0 spiro atoms. The third-order valence-corrected chi connectivity index (χ3v) is 3.10. The summed E-state index contributed by atoms with van der Waals surface area (Å²) in [7, 11) is 0. The minimum atomic E-state index is -1.04. The van der Waals surface area contributed by atoms with Gasteiger partial charge < -0.3 is 5.11 Å². The van der Waals surface area contributed by atoms with Crippen LogP contribution in [0.1, 0.15) is 12.0 Å². The van der Waals surface area contributed by atoms with E-state index in [1.807, 2.05) is 42.5 Å². The van der Waals surface area contributed by atoms with Gasteiger partial charge in [0.1, 0.15) is 5.41 Å². The number of aliphatic carboxylic acids is 1. The second-order valence-corrected chi connectivity index (χ2v) is 4.34. The molecule has 1 aromatic rings. The lowest BCUT2D eigenvalue weighted by molar-refractivity contribution is -0.131. The Balaban J connectivity index is 2.57. The molecular formula is C16H13NO2. The molecule has 0 aromatic heterocycles. The monoisotopic (exact) mass is 251 g/mol. The van der Waals surface area contributed by atoms with Gasteiger partial charge in [-0.05, 0) is 17.6 Å². The Morgan fingerprint density at radius 1 is 1.32 bits per heavy atom. The first kappa shape index (κ1) is 12.8. The molecule has 0 fully saturated rings. The fraction of sp³-hybridized carbons (Fsp3) is 0.125. The van der Waals surface area contributed by atoms with E-state index in [2.05, 4.69) is 6.07 Å². The highest BCUT2D eigenvalue weighted by Gasteiger charge is 2.33. The molecule has 0 saturated heterocycles. The van der Waals surface area contributed by atoms with Crippen LogP contribution in [0.15, 0.2) is 60.7 Å². The van der Waals surface area contributed by atoms with Crippen LogP contribution in [0.3, 0.4) is 0 Å². The van der Waals surface area contributed by atoms with Gasteiger partial charge in [0.25, 0.3) is 0 Å². The Kier molecular flexibility index (Phi) is 3.63. The molecule has 0 radical (unpaired) electrons. The van der Waals surface area contributed by atoms with Gasteiger partial charge >= 0.3 is 5.97 Å². The predicted octanol–water partition coefficient (Wildman–Crippen LogP) is 3.18. The van der Waals surface area contributed by atoms with Crippen LogP contribution in [0.5, 0.6) is 0 Å². The first-order valence-corrected chi connectivity index (χ1v) is 5.94. The number of nitriles is 1. The SMILES string of the molecule is N#CC1(/C(=C/C(=O)O)c2ccccc2)C=CC=CC1. The van der Waals surface area contributed by atoms with Gasteiger partial charge in [-0.2, -0.15) is 5.26 Å². The van der Waals surface area contributed by atoms with Crippen molar-refractivity contribution in [3.05, 3.63) is 66.3 Å². The minimum absolute atomic E-state index is 0.480. The maximum atomic E-state index is 11.1. The van der Waals surface area contributed by atoms with Crippen molar-refractivity contribution in [2.24, 2.45) is 5.41 Å². The number of carboxylic acid groups (broad SMARTS) is 1. The van der Waals surface area contributed by atoms with Crippen LogP contribution >= 0.6 is 0 Å². The maximum absolute atomic E-state index is 11.1. The summed E-state index contributed by atoms with van der Waals surface area (Å²) in [5, 5.41) is 18.6. The lowest BCUT2D eigenvalue weighted by atomic mass is 9.73. The van der Waals surface area contributed by atoms with Gasteiger partial charge in [0, 0.05) is 6.08 Å². The zero-order valence-electron chi connectivity index (χ0n) is 10.3. The Labute approximate surface area is 111 Å². The van der Waals surface area contributed by atoms with Crippen LogP contribution in [0, 0.1) is 16.7 Å². The largest absolute Gasteiger partial charge is 0.478 e. The van der Waals surface area contributed by atoms with Crippen molar-refractivity contribution in [2.45, 2.75) is 6.42 Å². The molecule has 3 nitrogen and oxygen atoms in total. The van der Waals surface area contributed by atoms with E-state index in [1.54, 1.807) is 12.2 Å². The molecule has 0 aliphatic heterocycles. The molecule has 94 valence electrons. The molecule has 3 heteroatoms. The van der Waals surface area contributed by atoms with Gasteiger partial charge in [0.15, 0.2) is 0 Å². The number of allylic oxidation sites excluding steroid dienone is 5. The standard InChI is InChI=1S/C16H13NO2/c17-12-16(9-5-2-6-10-16)14(11-15(18)19)13-7-3-1-4-8-13/h1-9,11H,10H2,(H,18,19)/b14-11+. The number of benzene rings is 1. The number of hydrogen-bond donors (Lipinski definition) is 1. The second-order valence-electron chi connectivity index (χ2n) is 4.34. The molecule has 1 N–H and O–H groups in total. The third kappa shape index (κ3) is 2.63. The van der Waals surface area contributed by atoms with E-state index in [4.69, 9.17) is 5.11 Å². The minimum Gasteiger partial charge on any atom is -0.478 e. The number of nitrogens with zero attached hydrogens (tertiary/aromatic N) is 1. The van der Waals surface area contributed by atoms with Crippen molar-refractivity contribution in [3.63, 3.8) is 0 Å². The van der Waals surface area contributed by atoms with Crippen molar-refractivity contribution in [1.82, 2.24) is 0 Å². The molecule has 0 amide bonds.